The molecule has 1 unspecified atom stereocenters. The molecule has 2 rings (SSSR count). The summed E-state index contributed by atoms with van der Waals surface area (Å²) in [6.07, 6.45) is -3.61. The zero-order valence-electron chi connectivity index (χ0n) is 12.4. The minimum atomic E-state index is -4.69. The molecule has 1 aromatic rings. The first-order valence-corrected chi connectivity index (χ1v) is 6.85. The molecule has 23 heavy (non-hydrogen) atoms. The Balaban J connectivity index is 0.00000242. The van der Waals surface area contributed by atoms with Crippen LogP contribution in [-0.2, 0) is 6.42 Å². The molecule has 0 spiro atoms. The number of benzene rings is 1. The average molecular weight is 377 g/mol. The third kappa shape index (κ3) is 7.58. The summed E-state index contributed by atoms with van der Waals surface area (Å²) < 4.78 is 40.9. The Labute approximate surface area is 145 Å². The summed E-state index contributed by atoms with van der Waals surface area (Å²) in [4.78, 5) is 0. The molecule has 3 N–H and O–H groups in total. The van der Waals surface area contributed by atoms with Crippen LogP contribution in [0.25, 0.3) is 0 Å². The SMILES string of the molecule is Cl.Cl.OC1(CNCCc2ccccc2OC(F)(F)F)CCNC1. The summed E-state index contributed by atoms with van der Waals surface area (Å²) in [5.41, 5.74) is -0.277. The van der Waals surface area contributed by atoms with Crippen LogP contribution >= 0.6 is 24.8 Å². The Hall–Kier alpha value is -0.730. The molecule has 1 aliphatic rings. The van der Waals surface area contributed by atoms with E-state index in [0.29, 0.717) is 38.0 Å². The minimum absolute atomic E-state index is 0. The van der Waals surface area contributed by atoms with Crippen LogP contribution in [0.5, 0.6) is 5.75 Å². The van der Waals surface area contributed by atoms with Gasteiger partial charge in [-0.05, 0) is 37.6 Å². The highest BCUT2D eigenvalue weighted by Gasteiger charge is 2.32. The van der Waals surface area contributed by atoms with Crippen molar-refractivity contribution in [3.63, 3.8) is 0 Å². The molecule has 1 aromatic carbocycles. The summed E-state index contributed by atoms with van der Waals surface area (Å²) in [7, 11) is 0. The number of hydrogen-bond donors (Lipinski definition) is 3. The minimum Gasteiger partial charge on any atom is -0.406 e. The molecule has 9 heteroatoms. The molecular weight excluding hydrogens is 356 g/mol. The molecule has 1 heterocycles. The van der Waals surface area contributed by atoms with Gasteiger partial charge in [0.15, 0.2) is 0 Å². The van der Waals surface area contributed by atoms with Crippen LogP contribution in [0.2, 0.25) is 0 Å². The van der Waals surface area contributed by atoms with Crippen LogP contribution in [-0.4, -0.2) is 43.2 Å². The lowest BCUT2D eigenvalue weighted by Gasteiger charge is -2.21. The maximum Gasteiger partial charge on any atom is 0.573 e. The number of para-hydroxylation sites is 1. The molecule has 4 nitrogen and oxygen atoms in total. The number of hydrogen-bond acceptors (Lipinski definition) is 4. The lowest BCUT2D eigenvalue weighted by atomic mass is 10.0. The molecule has 0 radical (unpaired) electrons. The molecule has 0 aromatic heterocycles. The third-order valence-corrected chi connectivity index (χ3v) is 3.44. The first-order valence-electron chi connectivity index (χ1n) is 6.85. The predicted octanol–water partition coefficient (Wildman–Crippen LogP) is 2.29. The van der Waals surface area contributed by atoms with Gasteiger partial charge >= 0.3 is 6.36 Å². The van der Waals surface area contributed by atoms with Crippen LogP contribution in [0.15, 0.2) is 24.3 Å². The van der Waals surface area contributed by atoms with Crippen molar-refractivity contribution in [3.8, 4) is 5.75 Å². The number of aliphatic hydroxyl groups is 1. The van der Waals surface area contributed by atoms with Crippen LogP contribution in [0.1, 0.15) is 12.0 Å². The Morgan fingerprint density at radius 3 is 2.57 bits per heavy atom. The van der Waals surface area contributed by atoms with E-state index in [1.807, 2.05) is 0 Å². The number of alkyl halides is 3. The van der Waals surface area contributed by atoms with Crippen molar-refractivity contribution in [1.82, 2.24) is 10.6 Å². The smallest absolute Gasteiger partial charge is 0.406 e. The van der Waals surface area contributed by atoms with Gasteiger partial charge in [0.1, 0.15) is 5.75 Å². The van der Waals surface area contributed by atoms with Crippen molar-refractivity contribution in [1.29, 1.82) is 0 Å². The molecule has 0 aliphatic carbocycles. The van der Waals surface area contributed by atoms with Gasteiger partial charge in [-0.3, -0.25) is 0 Å². The Morgan fingerprint density at radius 2 is 1.96 bits per heavy atom. The first-order chi connectivity index (χ1) is 9.88. The Bertz CT molecular complexity index is 470. The molecule has 1 aliphatic heterocycles. The number of rotatable bonds is 6. The number of ether oxygens (including phenoxy) is 1. The third-order valence-electron chi connectivity index (χ3n) is 3.44. The van der Waals surface area contributed by atoms with Crippen LogP contribution in [0.3, 0.4) is 0 Å². The summed E-state index contributed by atoms with van der Waals surface area (Å²) in [6.45, 7) is 2.21. The van der Waals surface area contributed by atoms with Crippen molar-refractivity contribution in [3.05, 3.63) is 29.8 Å². The highest BCUT2D eigenvalue weighted by Crippen LogP contribution is 2.26. The van der Waals surface area contributed by atoms with Gasteiger partial charge in [-0.25, -0.2) is 0 Å². The van der Waals surface area contributed by atoms with Crippen molar-refractivity contribution >= 4 is 24.8 Å². The lowest BCUT2D eigenvalue weighted by Crippen LogP contribution is -2.42. The van der Waals surface area contributed by atoms with Gasteiger partial charge < -0.3 is 20.5 Å². The summed E-state index contributed by atoms with van der Waals surface area (Å²) >= 11 is 0. The number of halogens is 5. The standard InChI is InChI=1S/C14H19F3N2O2.2ClH/c15-14(16,17)21-12-4-2-1-3-11(12)5-7-18-9-13(20)6-8-19-10-13;;/h1-4,18-20H,5-10H2;2*1H. The Kier molecular flexibility index (Phi) is 9.24. The number of nitrogens with one attached hydrogen (secondary N) is 2. The van der Waals surface area contributed by atoms with Crippen LogP contribution in [0.4, 0.5) is 13.2 Å². The van der Waals surface area contributed by atoms with Gasteiger partial charge in [0, 0.05) is 13.1 Å². The summed E-state index contributed by atoms with van der Waals surface area (Å²) in [5.74, 6) is -0.173. The first kappa shape index (κ1) is 22.3. The zero-order valence-corrected chi connectivity index (χ0v) is 14.0. The molecule has 0 bridgehead atoms. The maximum absolute atomic E-state index is 12.3. The monoisotopic (exact) mass is 376 g/mol. The van der Waals surface area contributed by atoms with Gasteiger partial charge in [0.05, 0.1) is 5.60 Å². The van der Waals surface area contributed by atoms with Crippen molar-refractivity contribution in [2.45, 2.75) is 24.8 Å². The highest BCUT2D eigenvalue weighted by atomic mass is 35.5. The van der Waals surface area contributed by atoms with E-state index >= 15 is 0 Å². The van der Waals surface area contributed by atoms with Crippen molar-refractivity contribution in [2.75, 3.05) is 26.2 Å². The molecule has 0 saturated carbocycles. The van der Waals surface area contributed by atoms with Crippen LogP contribution < -0.4 is 15.4 Å². The quantitative estimate of drug-likeness (QED) is 0.666. The van der Waals surface area contributed by atoms with E-state index < -0.39 is 12.0 Å². The van der Waals surface area contributed by atoms with Gasteiger partial charge in [-0.15, -0.1) is 38.0 Å². The molecular formula is C14H21Cl2F3N2O2. The van der Waals surface area contributed by atoms with Gasteiger partial charge in [0.2, 0.25) is 0 Å². The molecule has 1 fully saturated rings. The second kappa shape index (κ2) is 9.54. The van der Waals surface area contributed by atoms with Gasteiger partial charge in [-0.1, -0.05) is 18.2 Å². The second-order valence-corrected chi connectivity index (χ2v) is 5.23. The molecule has 0 amide bonds. The normalized spacial score (nSPS) is 20.5. The molecule has 134 valence electrons. The van der Waals surface area contributed by atoms with E-state index in [1.54, 1.807) is 12.1 Å². The van der Waals surface area contributed by atoms with E-state index in [-0.39, 0.29) is 30.6 Å². The summed E-state index contributed by atoms with van der Waals surface area (Å²) in [5, 5.41) is 16.2. The van der Waals surface area contributed by atoms with E-state index in [4.69, 9.17) is 0 Å². The van der Waals surface area contributed by atoms with Crippen LogP contribution in [0, 0.1) is 0 Å². The van der Waals surface area contributed by atoms with E-state index in [9.17, 15) is 18.3 Å². The van der Waals surface area contributed by atoms with E-state index in [1.165, 1.54) is 12.1 Å². The molecule has 1 saturated heterocycles. The molecule has 1 atom stereocenters. The van der Waals surface area contributed by atoms with E-state index in [0.717, 1.165) is 6.54 Å². The topological polar surface area (TPSA) is 53.5 Å². The maximum atomic E-state index is 12.3. The fraction of sp³-hybridized carbons (Fsp3) is 0.571. The lowest BCUT2D eigenvalue weighted by molar-refractivity contribution is -0.274. The predicted molar refractivity (Wildman–Crippen MR) is 86.6 cm³/mol. The fourth-order valence-corrected chi connectivity index (χ4v) is 2.36. The Morgan fingerprint density at radius 1 is 1.26 bits per heavy atom. The van der Waals surface area contributed by atoms with Crippen molar-refractivity contribution in [2.24, 2.45) is 0 Å². The van der Waals surface area contributed by atoms with E-state index in [2.05, 4.69) is 15.4 Å². The fourth-order valence-electron chi connectivity index (χ4n) is 2.36. The van der Waals surface area contributed by atoms with Gasteiger partial charge in [0.25, 0.3) is 0 Å². The average Bonchev–Trinajstić information content (AvgIpc) is 2.82. The second-order valence-electron chi connectivity index (χ2n) is 5.23. The van der Waals surface area contributed by atoms with Gasteiger partial charge in [-0.2, -0.15) is 0 Å². The summed E-state index contributed by atoms with van der Waals surface area (Å²) in [6, 6.07) is 6.09. The number of β-amino-alcohol motifs (C(OH)–C–C–N with tert-alkyl or cyclic N) is 1. The zero-order chi connectivity index (χ0) is 15.3. The highest BCUT2D eigenvalue weighted by molar-refractivity contribution is 5.85. The van der Waals surface area contributed by atoms with Crippen molar-refractivity contribution < 1.29 is 23.0 Å². The largest absolute Gasteiger partial charge is 0.573 e.